The molecule has 2 aromatic carbocycles. The van der Waals surface area contributed by atoms with E-state index in [2.05, 4.69) is 10.6 Å². The number of nitro groups is 2. The lowest BCUT2D eigenvalue weighted by Gasteiger charge is -2.05. The van der Waals surface area contributed by atoms with Gasteiger partial charge in [-0.3, -0.25) is 50.0 Å². The molecular formula is C22H16FN5O8S2. The summed E-state index contributed by atoms with van der Waals surface area (Å²) >= 11 is 1.50. The highest BCUT2D eigenvalue weighted by Gasteiger charge is 2.26. The highest BCUT2D eigenvalue weighted by atomic mass is 32.2. The van der Waals surface area contributed by atoms with E-state index in [0.717, 1.165) is 23.9 Å². The van der Waals surface area contributed by atoms with Gasteiger partial charge in [0.05, 0.1) is 19.7 Å². The van der Waals surface area contributed by atoms with E-state index >= 15 is 0 Å². The maximum atomic E-state index is 13.3. The van der Waals surface area contributed by atoms with Crippen LogP contribution >= 0.6 is 23.5 Å². The number of nitrogens with zero attached hydrogens (tertiary/aromatic N) is 2. The molecule has 4 rings (SSSR count). The molecule has 38 heavy (non-hydrogen) atoms. The van der Waals surface area contributed by atoms with Gasteiger partial charge in [0.25, 0.3) is 28.0 Å². The summed E-state index contributed by atoms with van der Waals surface area (Å²) in [6.45, 7) is 2.36. The zero-order chi connectivity index (χ0) is 28.0. The molecule has 3 N–H and O–H groups in total. The van der Waals surface area contributed by atoms with Gasteiger partial charge < -0.3 is 5.32 Å². The van der Waals surface area contributed by atoms with Gasteiger partial charge in [0.1, 0.15) is 5.69 Å². The molecule has 0 aliphatic carbocycles. The van der Waals surface area contributed by atoms with E-state index in [9.17, 15) is 43.8 Å². The fourth-order valence-corrected chi connectivity index (χ4v) is 4.40. The van der Waals surface area contributed by atoms with Crippen molar-refractivity contribution in [1.29, 1.82) is 0 Å². The molecule has 196 valence electrons. The number of hydrogen-bond acceptors (Lipinski definition) is 11. The Morgan fingerprint density at radius 2 is 1.32 bits per heavy atom. The third-order valence-corrected chi connectivity index (χ3v) is 6.25. The number of amides is 4. The van der Waals surface area contributed by atoms with Crippen molar-refractivity contribution in [2.24, 2.45) is 0 Å². The highest BCUT2D eigenvalue weighted by Crippen LogP contribution is 2.30. The third kappa shape index (κ3) is 7.01. The first kappa shape index (κ1) is 28.0. The second-order valence-electron chi connectivity index (χ2n) is 7.24. The lowest BCUT2D eigenvalue weighted by atomic mass is 10.1. The molecule has 0 atom stereocenters. The molecule has 4 amide bonds. The largest absolute Gasteiger partial charge is 0.380 e. The number of nitrogens with one attached hydrogen (secondary N) is 3. The summed E-state index contributed by atoms with van der Waals surface area (Å²) in [6.07, 6.45) is 2.81. The molecule has 2 fully saturated rings. The Hall–Kier alpha value is -4.57. The molecule has 2 heterocycles. The van der Waals surface area contributed by atoms with Crippen LogP contribution in [0, 0.1) is 26.0 Å². The average Bonchev–Trinajstić information content (AvgIpc) is 3.32. The molecule has 0 saturated carbocycles. The molecule has 13 nitrogen and oxygen atoms in total. The molecule has 0 unspecified atom stereocenters. The Morgan fingerprint density at radius 3 is 1.71 bits per heavy atom. The van der Waals surface area contributed by atoms with E-state index in [1.165, 1.54) is 30.4 Å². The predicted molar refractivity (Wildman–Crippen MR) is 139 cm³/mol. The van der Waals surface area contributed by atoms with Crippen LogP contribution in [0.3, 0.4) is 0 Å². The predicted octanol–water partition coefficient (Wildman–Crippen LogP) is 4.41. The van der Waals surface area contributed by atoms with Gasteiger partial charge in [0.15, 0.2) is 0 Å². The zero-order valence-corrected chi connectivity index (χ0v) is 20.8. The molecule has 16 heteroatoms. The van der Waals surface area contributed by atoms with Crippen LogP contribution in [0.15, 0.2) is 46.2 Å². The molecule has 0 aromatic heterocycles. The van der Waals surface area contributed by atoms with Crippen molar-refractivity contribution in [3.8, 4) is 0 Å². The van der Waals surface area contributed by atoms with Crippen molar-refractivity contribution >= 4 is 75.0 Å². The first-order chi connectivity index (χ1) is 18.0. The third-order valence-electron chi connectivity index (χ3n) is 4.63. The summed E-state index contributed by atoms with van der Waals surface area (Å²) in [4.78, 5) is 65.0. The van der Waals surface area contributed by atoms with Crippen molar-refractivity contribution in [3.05, 3.63) is 83.4 Å². The number of anilines is 1. The van der Waals surface area contributed by atoms with Crippen molar-refractivity contribution in [1.82, 2.24) is 10.6 Å². The Morgan fingerprint density at radius 1 is 0.842 bits per heavy atom. The second-order valence-corrected chi connectivity index (χ2v) is 9.27. The van der Waals surface area contributed by atoms with Crippen molar-refractivity contribution < 1.29 is 33.4 Å². The Labute approximate surface area is 221 Å². The van der Waals surface area contributed by atoms with E-state index in [0.29, 0.717) is 29.6 Å². The smallest absolute Gasteiger partial charge is 0.304 e. The van der Waals surface area contributed by atoms with Crippen LogP contribution in [0.2, 0.25) is 0 Å². The van der Waals surface area contributed by atoms with Gasteiger partial charge in [0, 0.05) is 18.7 Å². The number of rotatable bonds is 6. The maximum absolute atomic E-state index is 13.3. The fourth-order valence-electron chi connectivity index (χ4n) is 3.04. The van der Waals surface area contributed by atoms with Crippen LogP contribution < -0.4 is 16.0 Å². The summed E-state index contributed by atoms with van der Waals surface area (Å²) in [5.41, 5.74) is 0.580. The minimum absolute atomic E-state index is 0.0337. The van der Waals surface area contributed by atoms with Crippen LogP contribution in [-0.4, -0.2) is 38.7 Å². The van der Waals surface area contributed by atoms with Gasteiger partial charge in [-0.05, 0) is 78.0 Å². The standard InChI is InChI=1S/C12H11N3O4S.C10H5FN2O4S/c1-2-13-8-5-7(3-4-9(8)15(18)19)6-10-11(16)14-12(17)20-10;11-6-3-5(1-2-7(6)13(16)17)4-8-9(14)12-10(15)18-8/h3-6,13H,2H2,1H3,(H,14,16,17);1-4H,(H,12,14,15)/b10-6-;8-4-. The van der Waals surface area contributed by atoms with Gasteiger partial charge in [-0.15, -0.1) is 0 Å². The lowest BCUT2D eigenvalue weighted by molar-refractivity contribution is -0.387. The average molecular weight is 562 g/mol. The van der Waals surface area contributed by atoms with Crippen LogP contribution in [-0.2, 0) is 9.59 Å². The van der Waals surface area contributed by atoms with E-state index in [4.69, 9.17) is 0 Å². The summed E-state index contributed by atoms with van der Waals surface area (Å²) in [7, 11) is 0. The Kier molecular flexibility index (Phi) is 8.93. The first-order valence-corrected chi connectivity index (χ1v) is 12.1. The SMILES string of the molecule is CCNc1cc(/C=C2\SC(=O)NC2=O)ccc1[N+](=O)[O-].O=C1NC(=O)/C(=C/c2ccc([N+](=O)[O-])c(F)c2)S1. The van der Waals surface area contributed by atoms with Crippen molar-refractivity contribution in [3.63, 3.8) is 0 Å². The van der Waals surface area contributed by atoms with Gasteiger partial charge >= 0.3 is 5.69 Å². The summed E-state index contributed by atoms with van der Waals surface area (Å²) in [5, 5.41) is 27.5. The van der Waals surface area contributed by atoms with E-state index in [1.54, 1.807) is 6.07 Å². The molecule has 2 aliphatic heterocycles. The quantitative estimate of drug-likeness (QED) is 0.257. The van der Waals surface area contributed by atoms with Crippen molar-refractivity contribution in [2.75, 3.05) is 11.9 Å². The van der Waals surface area contributed by atoms with Crippen LogP contribution in [0.5, 0.6) is 0 Å². The van der Waals surface area contributed by atoms with E-state index in [-0.39, 0.29) is 21.1 Å². The fraction of sp³-hybridized carbons (Fsp3) is 0.0909. The topological polar surface area (TPSA) is 191 Å². The normalized spacial score (nSPS) is 16.7. The molecule has 0 radical (unpaired) electrons. The molecule has 0 spiro atoms. The number of halogens is 1. The number of hydrogen-bond donors (Lipinski definition) is 3. The first-order valence-electron chi connectivity index (χ1n) is 10.4. The van der Waals surface area contributed by atoms with Gasteiger partial charge in [-0.2, -0.15) is 4.39 Å². The Bertz CT molecular complexity index is 1440. The number of benzene rings is 2. The minimum Gasteiger partial charge on any atom is -0.380 e. The summed E-state index contributed by atoms with van der Waals surface area (Å²) in [6, 6.07) is 7.70. The molecule has 2 aliphatic rings. The number of nitro benzene ring substituents is 2. The van der Waals surface area contributed by atoms with Gasteiger partial charge in [0.2, 0.25) is 5.82 Å². The number of carbonyl (C=O) groups excluding carboxylic acids is 4. The maximum Gasteiger partial charge on any atom is 0.304 e. The zero-order valence-electron chi connectivity index (χ0n) is 19.2. The minimum atomic E-state index is -0.996. The van der Waals surface area contributed by atoms with Gasteiger partial charge in [-0.25, -0.2) is 0 Å². The molecule has 2 aromatic rings. The van der Waals surface area contributed by atoms with Crippen LogP contribution in [0.1, 0.15) is 18.1 Å². The highest BCUT2D eigenvalue weighted by molar-refractivity contribution is 8.18. The number of thioether (sulfide) groups is 2. The summed E-state index contributed by atoms with van der Waals surface area (Å²) in [5.74, 6) is -2.02. The summed E-state index contributed by atoms with van der Waals surface area (Å²) < 4.78 is 13.3. The van der Waals surface area contributed by atoms with E-state index in [1.807, 2.05) is 12.2 Å². The lowest BCUT2D eigenvalue weighted by Crippen LogP contribution is -2.17. The van der Waals surface area contributed by atoms with Gasteiger partial charge in [-0.1, -0.05) is 0 Å². The number of imide groups is 2. The number of carbonyl (C=O) groups is 4. The van der Waals surface area contributed by atoms with Crippen LogP contribution in [0.25, 0.3) is 12.2 Å². The van der Waals surface area contributed by atoms with E-state index < -0.39 is 43.6 Å². The molecule has 2 saturated heterocycles. The Balaban J connectivity index is 0.000000212. The van der Waals surface area contributed by atoms with Crippen LogP contribution in [0.4, 0.5) is 31.0 Å². The molecular weight excluding hydrogens is 545 g/mol. The molecule has 0 bridgehead atoms. The monoisotopic (exact) mass is 561 g/mol. The second kappa shape index (κ2) is 12.1. The van der Waals surface area contributed by atoms with Crippen molar-refractivity contribution in [2.45, 2.75) is 6.92 Å².